The topological polar surface area (TPSA) is 158 Å². The number of aromatic nitrogens is 1. The quantitative estimate of drug-likeness (QED) is 0.379. The Morgan fingerprint density at radius 1 is 1.13 bits per heavy atom. The number of nitrogens with two attached hydrogens (primary N) is 2. The molecule has 1 atom stereocenters. The van der Waals surface area contributed by atoms with Crippen molar-refractivity contribution in [2.75, 3.05) is 23.9 Å². The van der Waals surface area contributed by atoms with Crippen LogP contribution in [-0.2, 0) is 0 Å². The van der Waals surface area contributed by atoms with Gasteiger partial charge < -0.3 is 21.5 Å². The number of nitrogen functional groups attached to an aromatic ring is 2. The van der Waals surface area contributed by atoms with E-state index in [4.69, 9.17) is 21.5 Å². The van der Waals surface area contributed by atoms with Gasteiger partial charge in [-0.3, -0.25) is 5.32 Å². The van der Waals surface area contributed by atoms with Crippen LogP contribution in [-0.4, -0.2) is 18.1 Å². The molecule has 0 fully saturated rings. The molecule has 0 radical (unpaired) electrons. The van der Waals surface area contributed by atoms with Crippen LogP contribution in [0.2, 0.25) is 0 Å². The van der Waals surface area contributed by atoms with Crippen LogP contribution in [0.3, 0.4) is 0 Å². The van der Waals surface area contributed by atoms with Crippen molar-refractivity contribution in [3.8, 4) is 29.1 Å². The first-order chi connectivity index (χ1) is 15.1. The highest BCUT2D eigenvalue weighted by molar-refractivity contribution is 5.98. The number of hydrogen-bond donors (Lipinski definition) is 4. The lowest BCUT2D eigenvalue weighted by Crippen LogP contribution is -2.32. The summed E-state index contributed by atoms with van der Waals surface area (Å²) in [6, 6.07) is 16.8. The van der Waals surface area contributed by atoms with Crippen LogP contribution in [0.4, 0.5) is 17.3 Å². The van der Waals surface area contributed by atoms with Crippen LogP contribution in [0.1, 0.15) is 22.7 Å². The first-order valence-corrected chi connectivity index (χ1v) is 9.29. The average molecular weight is 410 g/mol. The molecule has 31 heavy (non-hydrogen) atoms. The highest BCUT2D eigenvalue weighted by Gasteiger charge is 2.29. The summed E-state index contributed by atoms with van der Waals surface area (Å²) >= 11 is 0. The average Bonchev–Trinajstić information content (AvgIpc) is 2.79. The smallest absolute Gasteiger partial charge is 0.211 e. The van der Waals surface area contributed by atoms with Crippen molar-refractivity contribution >= 4 is 23.3 Å². The van der Waals surface area contributed by atoms with E-state index >= 15 is 0 Å². The summed E-state index contributed by atoms with van der Waals surface area (Å²) in [4.78, 5) is 8.87. The number of para-hydroxylation sites is 1. The number of methoxy groups -OCH3 is 1. The third kappa shape index (κ3) is 3.41. The molecule has 2 heterocycles. The fourth-order valence-electron chi connectivity index (χ4n) is 3.58. The van der Waals surface area contributed by atoms with Crippen LogP contribution in [0, 0.1) is 22.8 Å². The van der Waals surface area contributed by atoms with Gasteiger partial charge in [-0.25, -0.2) is 9.98 Å². The van der Waals surface area contributed by atoms with E-state index in [-0.39, 0.29) is 23.0 Å². The minimum absolute atomic E-state index is 0.00554. The van der Waals surface area contributed by atoms with Crippen molar-refractivity contribution in [1.29, 1.82) is 10.5 Å². The van der Waals surface area contributed by atoms with E-state index in [1.54, 1.807) is 7.11 Å². The van der Waals surface area contributed by atoms with Crippen LogP contribution in [0.5, 0.6) is 5.75 Å². The zero-order valence-electron chi connectivity index (χ0n) is 16.5. The Kier molecular flexibility index (Phi) is 5.00. The van der Waals surface area contributed by atoms with Gasteiger partial charge >= 0.3 is 0 Å². The molecule has 1 aliphatic heterocycles. The van der Waals surface area contributed by atoms with Crippen molar-refractivity contribution in [3.63, 3.8) is 0 Å². The molecule has 9 nitrogen and oxygen atoms in total. The molecule has 152 valence electrons. The predicted molar refractivity (Wildman–Crippen MR) is 118 cm³/mol. The Labute approximate surface area is 178 Å². The minimum Gasteiger partial charge on any atom is -0.496 e. The highest BCUT2D eigenvalue weighted by atomic mass is 16.5. The zero-order chi connectivity index (χ0) is 22.0. The first-order valence-electron chi connectivity index (χ1n) is 9.29. The molecular formula is C22H18N8O. The third-order valence-electron chi connectivity index (χ3n) is 4.98. The normalized spacial score (nSPS) is 14.3. The van der Waals surface area contributed by atoms with Crippen LogP contribution in [0.25, 0.3) is 11.1 Å². The maximum Gasteiger partial charge on any atom is 0.211 e. The van der Waals surface area contributed by atoms with Gasteiger partial charge in [-0.2, -0.15) is 10.5 Å². The number of nitrogens with zero attached hydrogens (tertiary/aromatic N) is 4. The van der Waals surface area contributed by atoms with Gasteiger partial charge in [-0.1, -0.05) is 36.4 Å². The Bertz CT molecular complexity index is 1290. The molecule has 1 aromatic heterocycles. The van der Waals surface area contributed by atoms with Crippen molar-refractivity contribution in [2.45, 2.75) is 6.04 Å². The number of nitrogens with one attached hydrogen (secondary N) is 2. The molecule has 0 spiro atoms. The predicted octanol–water partition coefficient (Wildman–Crippen LogP) is 2.73. The minimum atomic E-state index is -0.609. The third-order valence-corrected chi connectivity index (χ3v) is 4.98. The molecule has 0 bridgehead atoms. The number of ether oxygens (including phenoxy) is 1. The summed E-state index contributed by atoms with van der Waals surface area (Å²) in [5, 5.41) is 23.9. The van der Waals surface area contributed by atoms with Gasteiger partial charge in [0.1, 0.15) is 35.1 Å². The van der Waals surface area contributed by atoms with E-state index in [0.717, 1.165) is 22.4 Å². The lowest BCUT2D eigenvalue weighted by Gasteiger charge is -2.26. The molecule has 9 heteroatoms. The summed E-state index contributed by atoms with van der Waals surface area (Å²) in [7, 11) is 1.62. The number of nitriles is 2. The number of pyridine rings is 1. The van der Waals surface area contributed by atoms with E-state index < -0.39 is 6.04 Å². The summed E-state index contributed by atoms with van der Waals surface area (Å²) in [5.41, 5.74) is 15.6. The highest BCUT2D eigenvalue weighted by Crippen LogP contribution is 2.41. The maximum absolute atomic E-state index is 9.47. The lowest BCUT2D eigenvalue weighted by atomic mass is 9.92. The summed E-state index contributed by atoms with van der Waals surface area (Å²) in [6.07, 6.45) is 1.84. The monoisotopic (exact) mass is 410 g/mol. The number of anilines is 3. The molecule has 1 unspecified atom stereocenters. The molecule has 1 aliphatic rings. The zero-order valence-corrected chi connectivity index (χ0v) is 16.5. The van der Waals surface area contributed by atoms with E-state index in [1.807, 2.05) is 60.8 Å². The second-order valence-corrected chi connectivity index (χ2v) is 6.73. The number of rotatable bonds is 3. The van der Waals surface area contributed by atoms with Gasteiger partial charge in [0, 0.05) is 11.1 Å². The Balaban J connectivity index is 1.90. The van der Waals surface area contributed by atoms with Gasteiger partial charge in [0.15, 0.2) is 6.19 Å². The summed E-state index contributed by atoms with van der Waals surface area (Å²) in [5.74, 6) is 1.29. The molecule has 3 aromatic rings. The molecule has 0 saturated heterocycles. The number of guanidine groups is 1. The van der Waals surface area contributed by atoms with Gasteiger partial charge in [0.25, 0.3) is 0 Å². The van der Waals surface area contributed by atoms with Gasteiger partial charge in [0.2, 0.25) is 5.96 Å². The Hall–Kier alpha value is -4.76. The molecule has 6 N–H and O–H groups in total. The molecule has 0 aliphatic carbocycles. The summed E-state index contributed by atoms with van der Waals surface area (Å²) in [6.45, 7) is 0. The Morgan fingerprint density at radius 3 is 2.68 bits per heavy atom. The molecule has 2 aromatic carbocycles. The van der Waals surface area contributed by atoms with Crippen LogP contribution < -0.4 is 26.8 Å². The standard InChI is InChI=1S/C22H18N8O/c1-31-16-8-3-2-7-14(16)12-5-4-6-13(9-12)19-17-18(25)15(10-23)20(26)29-21(17)30-22(28-19)27-11-24/h2-9,19H,1H3,(H6,25,26,27,28,29,30). The number of aliphatic imine (C=N–C) groups is 1. The number of benzene rings is 2. The van der Waals surface area contributed by atoms with Crippen LogP contribution in [0.15, 0.2) is 53.5 Å². The van der Waals surface area contributed by atoms with Crippen molar-refractivity contribution in [1.82, 2.24) is 10.3 Å². The SMILES string of the molecule is COc1ccccc1-c1cccc(C2N=C(NC#N)Nc3nc(N)c(C#N)c(N)c32)c1. The molecule has 4 rings (SSSR count). The lowest BCUT2D eigenvalue weighted by molar-refractivity contribution is 0.416. The fourth-order valence-corrected chi connectivity index (χ4v) is 3.58. The fraction of sp³-hybridized carbons (Fsp3) is 0.0909. The van der Waals surface area contributed by atoms with Crippen molar-refractivity contribution < 1.29 is 4.74 Å². The Morgan fingerprint density at radius 2 is 1.94 bits per heavy atom. The van der Waals surface area contributed by atoms with E-state index in [1.165, 1.54) is 0 Å². The van der Waals surface area contributed by atoms with E-state index in [0.29, 0.717) is 11.4 Å². The van der Waals surface area contributed by atoms with E-state index in [9.17, 15) is 5.26 Å². The van der Waals surface area contributed by atoms with E-state index in [2.05, 4.69) is 20.6 Å². The summed E-state index contributed by atoms with van der Waals surface area (Å²) < 4.78 is 5.49. The second-order valence-electron chi connectivity index (χ2n) is 6.73. The van der Waals surface area contributed by atoms with Crippen LogP contribution >= 0.6 is 0 Å². The molecular weight excluding hydrogens is 392 g/mol. The van der Waals surface area contributed by atoms with Crippen molar-refractivity contribution in [3.05, 3.63) is 65.2 Å². The largest absolute Gasteiger partial charge is 0.496 e. The maximum atomic E-state index is 9.47. The number of fused-ring (bicyclic) bond motifs is 1. The molecule has 0 saturated carbocycles. The second kappa shape index (κ2) is 7.93. The van der Waals surface area contributed by atoms with Gasteiger partial charge in [-0.05, 0) is 23.3 Å². The van der Waals surface area contributed by atoms with Crippen molar-refractivity contribution in [2.24, 2.45) is 4.99 Å². The first kappa shape index (κ1) is 19.6. The molecule has 0 amide bonds. The van der Waals surface area contributed by atoms with Gasteiger partial charge in [-0.15, -0.1) is 0 Å². The van der Waals surface area contributed by atoms with Gasteiger partial charge in [0.05, 0.1) is 12.8 Å². The number of hydrogen-bond acceptors (Lipinski definition) is 9.